The highest BCUT2D eigenvalue weighted by Gasteiger charge is 2.47. The average Bonchev–Trinajstić information content (AvgIpc) is 2.17. The first kappa shape index (κ1) is 14.1. The van der Waals surface area contributed by atoms with Crippen LogP contribution in [0.25, 0.3) is 0 Å². The molecule has 0 aliphatic carbocycles. The normalized spacial score (nSPS) is 16.9. The molecule has 3 nitrogen and oxygen atoms in total. The number of ether oxygens (including phenoxy) is 1. The third-order valence-electron chi connectivity index (χ3n) is 2.16. The van der Waals surface area contributed by atoms with E-state index in [0.29, 0.717) is 0 Å². The molecule has 0 heterocycles. The smallest absolute Gasteiger partial charge is 0.346 e. The van der Waals surface area contributed by atoms with E-state index in [9.17, 15) is 14.3 Å². The van der Waals surface area contributed by atoms with Gasteiger partial charge in [-0.15, -0.1) is 6.58 Å². The molecule has 0 fully saturated rings. The minimum Gasteiger partial charge on any atom is -0.464 e. The summed E-state index contributed by atoms with van der Waals surface area (Å²) < 4.78 is 18.8. The van der Waals surface area contributed by atoms with Gasteiger partial charge in [0.15, 0.2) is 0 Å². The van der Waals surface area contributed by atoms with Crippen LogP contribution in [-0.2, 0) is 9.53 Å². The lowest BCUT2D eigenvalue weighted by Gasteiger charge is -2.29. The molecule has 0 aromatic carbocycles. The number of halogens is 1. The van der Waals surface area contributed by atoms with Crippen molar-refractivity contribution in [3.63, 3.8) is 0 Å². The molecule has 0 bridgehead atoms. The van der Waals surface area contributed by atoms with E-state index in [1.54, 1.807) is 20.8 Å². The number of hydrogen-bond donors (Lipinski definition) is 1. The number of allylic oxidation sites excluding steroid dienone is 1. The molecule has 88 valence electrons. The van der Waals surface area contributed by atoms with Crippen molar-refractivity contribution in [2.75, 3.05) is 6.61 Å². The quantitative estimate of drug-likeness (QED) is 0.546. The van der Waals surface area contributed by atoms with Crippen molar-refractivity contribution < 1.29 is 19.0 Å². The van der Waals surface area contributed by atoms with Gasteiger partial charge in [-0.2, -0.15) is 0 Å². The van der Waals surface area contributed by atoms with Crippen molar-refractivity contribution in [2.24, 2.45) is 5.92 Å². The highest BCUT2D eigenvalue weighted by atomic mass is 19.1. The zero-order chi connectivity index (χ0) is 12.1. The Morgan fingerprint density at radius 3 is 2.53 bits per heavy atom. The monoisotopic (exact) mass is 218 g/mol. The summed E-state index contributed by atoms with van der Waals surface area (Å²) >= 11 is 0. The first-order chi connectivity index (χ1) is 6.90. The van der Waals surface area contributed by atoms with E-state index in [2.05, 4.69) is 11.3 Å². The first-order valence-electron chi connectivity index (χ1n) is 5.05. The van der Waals surface area contributed by atoms with E-state index in [1.165, 1.54) is 6.08 Å². The van der Waals surface area contributed by atoms with Crippen LogP contribution in [0.2, 0.25) is 0 Å². The number of carbonyl (C=O) groups is 1. The second-order valence-corrected chi connectivity index (χ2v) is 3.76. The van der Waals surface area contributed by atoms with Crippen LogP contribution in [0.3, 0.4) is 0 Å². The van der Waals surface area contributed by atoms with Crippen molar-refractivity contribution >= 4 is 5.97 Å². The lowest BCUT2D eigenvalue weighted by atomic mass is 9.87. The minimum atomic E-state index is -2.38. The summed E-state index contributed by atoms with van der Waals surface area (Å²) in [6, 6.07) is 0. The Bertz CT molecular complexity index is 228. The number of rotatable bonds is 6. The summed E-state index contributed by atoms with van der Waals surface area (Å²) in [6.07, 6.45) is -0.359. The van der Waals surface area contributed by atoms with Gasteiger partial charge in [0, 0.05) is 6.42 Å². The van der Waals surface area contributed by atoms with Gasteiger partial charge in [-0.05, 0) is 12.8 Å². The number of aliphatic hydroxyl groups excluding tert-OH is 1. The Balaban J connectivity index is 4.86. The van der Waals surface area contributed by atoms with Gasteiger partial charge in [0.1, 0.15) is 6.10 Å². The molecule has 0 aliphatic rings. The number of aliphatic hydroxyl groups is 1. The maximum absolute atomic E-state index is 14.2. The Labute approximate surface area is 89.9 Å². The standard InChI is InChI=1S/C11H19FO3/c1-5-7-11(12,9(13)8(3)4)10(14)15-6-2/h5,8-9,13H,1,6-7H2,2-4H3/t9-,11+/m1/s1. The topological polar surface area (TPSA) is 46.5 Å². The van der Waals surface area contributed by atoms with E-state index in [4.69, 9.17) is 0 Å². The van der Waals surface area contributed by atoms with Gasteiger partial charge < -0.3 is 9.84 Å². The van der Waals surface area contributed by atoms with Crippen molar-refractivity contribution in [1.82, 2.24) is 0 Å². The molecule has 0 aromatic rings. The van der Waals surface area contributed by atoms with Crippen LogP contribution in [0.15, 0.2) is 12.7 Å². The van der Waals surface area contributed by atoms with Crippen molar-refractivity contribution in [1.29, 1.82) is 0 Å². The molecule has 0 unspecified atom stereocenters. The predicted molar refractivity (Wildman–Crippen MR) is 56.1 cm³/mol. The van der Waals surface area contributed by atoms with Crippen LogP contribution in [0.5, 0.6) is 0 Å². The highest BCUT2D eigenvalue weighted by Crippen LogP contribution is 2.28. The van der Waals surface area contributed by atoms with Crippen LogP contribution in [0, 0.1) is 5.92 Å². The maximum atomic E-state index is 14.2. The molecule has 0 rings (SSSR count). The van der Waals surface area contributed by atoms with Crippen LogP contribution in [0.1, 0.15) is 27.2 Å². The molecule has 4 heteroatoms. The lowest BCUT2D eigenvalue weighted by Crippen LogP contribution is -2.48. The Morgan fingerprint density at radius 1 is 1.67 bits per heavy atom. The zero-order valence-corrected chi connectivity index (χ0v) is 9.50. The summed E-state index contributed by atoms with van der Waals surface area (Å²) in [5.74, 6) is -1.38. The summed E-state index contributed by atoms with van der Waals surface area (Å²) in [5.41, 5.74) is -2.38. The van der Waals surface area contributed by atoms with Gasteiger partial charge in [-0.1, -0.05) is 19.9 Å². The molecule has 0 aliphatic heterocycles. The van der Waals surface area contributed by atoms with E-state index >= 15 is 0 Å². The Hall–Kier alpha value is -0.900. The number of esters is 1. The van der Waals surface area contributed by atoms with Crippen molar-refractivity contribution in [3.05, 3.63) is 12.7 Å². The first-order valence-corrected chi connectivity index (χ1v) is 5.05. The molecule has 0 saturated carbocycles. The van der Waals surface area contributed by atoms with Gasteiger partial charge >= 0.3 is 5.97 Å². The van der Waals surface area contributed by atoms with E-state index in [1.807, 2.05) is 0 Å². The lowest BCUT2D eigenvalue weighted by molar-refractivity contribution is -0.168. The molecule has 0 aromatic heterocycles. The maximum Gasteiger partial charge on any atom is 0.346 e. The van der Waals surface area contributed by atoms with Gasteiger partial charge in [-0.3, -0.25) is 0 Å². The molecule has 0 radical (unpaired) electrons. The van der Waals surface area contributed by atoms with E-state index in [0.717, 1.165) is 0 Å². The highest BCUT2D eigenvalue weighted by molar-refractivity contribution is 5.80. The fourth-order valence-electron chi connectivity index (χ4n) is 1.31. The van der Waals surface area contributed by atoms with Crippen molar-refractivity contribution in [2.45, 2.75) is 39.0 Å². The van der Waals surface area contributed by atoms with E-state index in [-0.39, 0.29) is 18.9 Å². The number of alkyl halides is 1. The molecule has 2 atom stereocenters. The van der Waals surface area contributed by atoms with Gasteiger partial charge in [-0.25, -0.2) is 9.18 Å². The summed E-state index contributed by atoms with van der Waals surface area (Å²) in [7, 11) is 0. The molecule has 1 N–H and O–H groups in total. The third kappa shape index (κ3) is 3.30. The second-order valence-electron chi connectivity index (χ2n) is 3.76. The minimum absolute atomic E-state index is 0.0897. The van der Waals surface area contributed by atoms with Crippen LogP contribution < -0.4 is 0 Å². The summed E-state index contributed by atoms with van der Waals surface area (Å²) in [4.78, 5) is 11.4. The van der Waals surface area contributed by atoms with Gasteiger partial charge in [0.05, 0.1) is 6.61 Å². The van der Waals surface area contributed by atoms with Gasteiger partial charge in [0.25, 0.3) is 0 Å². The van der Waals surface area contributed by atoms with E-state index < -0.39 is 17.7 Å². The van der Waals surface area contributed by atoms with Gasteiger partial charge in [0.2, 0.25) is 5.67 Å². The second kappa shape index (κ2) is 5.85. The molecule has 15 heavy (non-hydrogen) atoms. The number of hydrogen-bond acceptors (Lipinski definition) is 3. The molecule has 0 spiro atoms. The zero-order valence-electron chi connectivity index (χ0n) is 9.50. The Morgan fingerprint density at radius 2 is 2.20 bits per heavy atom. The van der Waals surface area contributed by atoms with Crippen LogP contribution >= 0.6 is 0 Å². The molecule has 0 saturated heterocycles. The fraction of sp³-hybridized carbons (Fsp3) is 0.727. The fourth-order valence-corrected chi connectivity index (χ4v) is 1.31. The Kier molecular flexibility index (Phi) is 5.50. The number of carbonyl (C=O) groups excluding carboxylic acids is 1. The average molecular weight is 218 g/mol. The molecule has 0 amide bonds. The van der Waals surface area contributed by atoms with Crippen molar-refractivity contribution in [3.8, 4) is 0 Å². The summed E-state index contributed by atoms with van der Waals surface area (Å²) in [6.45, 7) is 8.33. The molecular weight excluding hydrogens is 199 g/mol. The largest absolute Gasteiger partial charge is 0.464 e. The predicted octanol–water partition coefficient (Wildman–Crippen LogP) is 1.85. The SMILES string of the molecule is C=CC[C@@](F)(C(=O)OCC)[C@H](O)C(C)C. The summed E-state index contributed by atoms with van der Waals surface area (Å²) in [5, 5.41) is 9.65. The van der Waals surface area contributed by atoms with Crippen LogP contribution in [0.4, 0.5) is 4.39 Å². The van der Waals surface area contributed by atoms with Crippen LogP contribution in [-0.4, -0.2) is 29.5 Å². The third-order valence-corrected chi connectivity index (χ3v) is 2.16. The molecular formula is C11H19FO3.